The third-order valence-corrected chi connectivity index (χ3v) is 3.02. The van der Waals surface area contributed by atoms with E-state index in [1.54, 1.807) is 41.5 Å². The molecule has 0 bridgehead atoms. The van der Waals surface area contributed by atoms with Crippen molar-refractivity contribution in [1.82, 2.24) is 4.90 Å². The van der Waals surface area contributed by atoms with Crippen molar-refractivity contribution in [3.8, 4) is 0 Å². The number of rotatable bonds is 2. The van der Waals surface area contributed by atoms with Gasteiger partial charge in [0, 0.05) is 6.42 Å². The lowest BCUT2D eigenvalue weighted by Gasteiger charge is -2.29. The van der Waals surface area contributed by atoms with Gasteiger partial charge in [0.2, 0.25) is 0 Å². The highest BCUT2D eigenvalue weighted by Crippen LogP contribution is 2.30. The van der Waals surface area contributed by atoms with E-state index in [2.05, 4.69) is 0 Å². The minimum atomic E-state index is -1.53. The highest BCUT2D eigenvalue weighted by atomic mass is 16.6. The Morgan fingerprint density at radius 2 is 1.64 bits per heavy atom. The van der Waals surface area contributed by atoms with E-state index >= 15 is 0 Å². The first-order chi connectivity index (χ1) is 9.76. The Kier molecular flexibility index (Phi) is 5.14. The standard InChI is InChI=1S/C15H27NO6/c1-13(2,3)21-11(18)10-7-15(20,9-17)8-16(10)12(19)22-14(4,5)6/h10,17,20H,7-9H2,1-6H3/t10-,15-/m0/s1. The summed E-state index contributed by atoms with van der Waals surface area (Å²) in [5, 5.41) is 19.5. The number of carbonyl (C=O) groups excluding carboxylic acids is 2. The summed E-state index contributed by atoms with van der Waals surface area (Å²) in [4.78, 5) is 25.6. The van der Waals surface area contributed by atoms with Gasteiger partial charge in [0.05, 0.1) is 13.2 Å². The molecular formula is C15H27NO6. The number of esters is 1. The molecule has 0 radical (unpaired) electrons. The van der Waals surface area contributed by atoms with Crippen LogP contribution in [-0.2, 0) is 14.3 Å². The lowest BCUT2D eigenvalue weighted by molar-refractivity contribution is -0.160. The van der Waals surface area contributed by atoms with Crippen LogP contribution in [-0.4, -0.2) is 63.2 Å². The van der Waals surface area contributed by atoms with Crippen LogP contribution < -0.4 is 0 Å². The van der Waals surface area contributed by atoms with Gasteiger partial charge < -0.3 is 19.7 Å². The van der Waals surface area contributed by atoms with Crippen LogP contribution in [0.3, 0.4) is 0 Å². The summed E-state index contributed by atoms with van der Waals surface area (Å²) in [7, 11) is 0. The lowest BCUT2D eigenvalue weighted by Crippen LogP contribution is -2.46. The number of ether oxygens (including phenoxy) is 2. The maximum absolute atomic E-state index is 12.3. The van der Waals surface area contributed by atoms with E-state index in [1.165, 1.54) is 0 Å². The Bertz CT molecular complexity index is 398. The Labute approximate surface area is 131 Å². The fraction of sp³-hybridized carbons (Fsp3) is 0.867. The number of β-amino-alcohol motifs (C(OH)–C–C–N with tert-alkyl or cyclic N) is 1. The van der Waals surface area contributed by atoms with Crippen LogP contribution in [0.5, 0.6) is 0 Å². The van der Waals surface area contributed by atoms with Crippen LogP contribution in [0.25, 0.3) is 0 Å². The second kappa shape index (κ2) is 6.04. The van der Waals surface area contributed by atoms with Gasteiger partial charge in [0.25, 0.3) is 0 Å². The van der Waals surface area contributed by atoms with E-state index in [4.69, 9.17) is 9.47 Å². The van der Waals surface area contributed by atoms with Crippen LogP contribution in [0, 0.1) is 0 Å². The summed E-state index contributed by atoms with van der Waals surface area (Å²) in [5.41, 5.74) is -2.97. The van der Waals surface area contributed by atoms with Gasteiger partial charge >= 0.3 is 12.1 Å². The number of amides is 1. The summed E-state index contributed by atoms with van der Waals surface area (Å²) in [6.45, 7) is 9.56. The Morgan fingerprint density at radius 3 is 2.05 bits per heavy atom. The average Bonchev–Trinajstić information content (AvgIpc) is 2.64. The van der Waals surface area contributed by atoms with Crippen molar-refractivity contribution in [3.05, 3.63) is 0 Å². The first kappa shape index (κ1) is 18.7. The van der Waals surface area contributed by atoms with Crippen LogP contribution >= 0.6 is 0 Å². The third-order valence-electron chi connectivity index (χ3n) is 3.02. The second-order valence-electron chi connectivity index (χ2n) is 7.74. The molecule has 128 valence electrons. The predicted molar refractivity (Wildman–Crippen MR) is 79.2 cm³/mol. The second-order valence-corrected chi connectivity index (χ2v) is 7.74. The van der Waals surface area contributed by atoms with Gasteiger partial charge in [-0.25, -0.2) is 9.59 Å². The van der Waals surface area contributed by atoms with E-state index in [-0.39, 0.29) is 13.0 Å². The fourth-order valence-corrected chi connectivity index (χ4v) is 2.17. The summed E-state index contributed by atoms with van der Waals surface area (Å²) in [5.74, 6) is -0.622. The first-order valence-electron chi connectivity index (χ1n) is 7.32. The van der Waals surface area contributed by atoms with Crippen LogP contribution in [0.15, 0.2) is 0 Å². The number of likely N-dealkylation sites (tertiary alicyclic amines) is 1. The zero-order valence-electron chi connectivity index (χ0n) is 14.2. The van der Waals surface area contributed by atoms with Gasteiger partial charge in [-0.1, -0.05) is 0 Å². The largest absolute Gasteiger partial charge is 0.458 e. The zero-order valence-corrected chi connectivity index (χ0v) is 14.2. The first-order valence-corrected chi connectivity index (χ1v) is 7.32. The summed E-state index contributed by atoms with van der Waals surface area (Å²) < 4.78 is 10.5. The molecule has 1 amide bonds. The molecule has 0 saturated carbocycles. The number of nitrogens with zero attached hydrogens (tertiary/aromatic N) is 1. The highest BCUT2D eigenvalue weighted by Gasteiger charge is 2.50. The number of aliphatic hydroxyl groups is 2. The van der Waals surface area contributed by atoms with Crippen LogP contribution in [0.2, 0.25) is 0 Å². The molecule has 1 aliphatic rings. The topological polar surface area (TPSA) is 96.3 Å². The fourth-order valence-electron chi connectivity index (χ4n) is 2.17. The molecule has 1 heterocycles. The molecule has 1 fully saturated rings. The number of hydrogen-bond donors (Lipinski definition) is 2. The molecule has 0 unspecified atom stereocenters. The molecular weight excluding hydrogens is 290 g/mol. The van der Waals surface area contributed by atoms with Gasteiger partial charge in [-0.05, 0) is 41.5 Å². The van der Waals surface area contributed by atoms with Gasteiger partial charge in [-0.15, -0.1) is 0 Å². The van der Waals surface area contributed by atoms with E-state index in [1.807, 2.05) is 0 Å². The lowest BCUT2D eigenvalue weighted by atomic mass is 10.0. The zero-order chi connectivity index (χ0) is 17.3. The number of carbonyl (C=O) groups is 2. The summed E-state index contributed by atoms with van der Waals surface area (Å²) in [6, 6.07) is -0.980. The third kappa shape index (κ3) is 5.14. The van der Waals surface area contributed by atoms with Crippen molar-refractivity contribution in [2.75, 3.05) is 13.2 Å². The summed E-state index contributed by atoms with van der Waals surface area (Å²) >= 11 is 0. The van der Waals surface area contributed by atoms with Gasteiger partial charge in [-0.2, -0.15) is 0 Å². The van der Waals surface area contributed by atoms with Crippen molar-refractivity contribution >= 4 is 12.1 Å². The molecule has 2 N–H and O–H groups in total. The van der Waals surface area contributed by atoms with Gasteiger partial charge in [0.1, 0.15) is 22.8 Å². The normalized spacial score (nSPS) is 26.0. The average molecular weight is 317 g/mol. The molecule has 0 spiro atoms. The molecule has 0 aliphatic carbocycles. The van der Waals surface area contributed by atoms with E-state index in [0.29, 0.717) is 0 Å². The van der Waals surface area contributed by atoms with Crippen molar-refractivity contribution in [1.29, 1.82) is 0 Å². The van der Waals surface area contributed by atoms with Crippen LogP contribution in [0.1, 0.15) is 48.0 Å². The van der Waals surface area contributed by atoms with E-state index in [9.17, 15) is 19.8 Å². The number of hydrogen-bond acceptors (Lipinski definition) is 6. The Balaban J connectivity index is 2.95. The maximum atomic E-state index is 12.3. The van der Waals surface area contributed by atoms with Crippen molar-refractivity contribution in [2.24, 2.45) is 0 Å². The van der Waals surface area contributed by atoms with Crippen molar-refractivity contribution in [3.63, 3.8) is 0 Å². The molecule has 1 rings (SSSR count). The molecule has 1 aliphatic heterocycles. The minimum Gasteiger partial charge on any atom is -0.458 e. The molecule has 1 saturated heterocycles. The van der Waals surface area contributed by atoms with Gasteiger partial charge in [0.15, 0.2) is 0 Å². The molecule has 0 aromatic heterocycles. The highest BCUT2D eigenvalue weighted by molar-refractivity contribution is 5.83. The molecule has 22 heavy (non-hydrogen) atoms. The predicted octanol–water partition coefficient (Wildman–Crippen LogP) is 1.06. The van der Waals surface area contributed by atoms with Crippen molar-refractivity contribution < 1.29 is 29.3 Å². The Hall–Kier alpha value is -1.34. The number of aliphatic hydroxyl groups excluding tert-OH is 1. The maximum Gasteiger partial charge on any atom is 0.411 e. The van der Waals surface area contributed by atoms with E-state index in [0.717, 1.165) is 4.90 Å². The molecule has 0 aromatic carbocycles. The molecule has 0 aromatic rings. The van der Waals surface area contributed by atoms with Crippen LogP contribution in [0.4, 0.5) is 4.79 Å². The van der Waals surface area contributed by atoms with Crippen molar-refractivity contribution in [2.45, 2.75) is 70.8 Å². The summed E-state index contributed by atoms with van der Waals surface area (Å²) in [6.07, 6.45) is -0.801. The monoisotopic (exact) mass is 317 g/mol. The molecule has 2 atom stereocenters. The smallest absolute Gasteiger partial charge is 0.411 e. The van der Waals surface area contributed by atoms with E-state index < -0.39 is 41.5 Å². The molecule has 7 heteroatoms. The SMILES string of the molecule is CC(C)(C)OC(=O)[C@@H]1C[C@@](O)(CO)CN1C(=O)OC(C)(C)C. The quantitative estimate of drug-likeness (QED) is 0.739. The molecule has 7 nitrogen and oxygen atoms in total. The van der Waals surface area contributed by atoms with Gasteiger partial charge in [-0.3, -0.25) is 4.90 Å². The minimum absolute atomic E-state index is 0.0857. The Morgan fingerprint density at radius 1 is 1.14 bits per heavy atom.